The largest absolute Gasteiger partial charge is 0.491 e. The molecule has 164 valence electrons. The van der Waals surface area contributed by atoms with Gasteiger partial charge in [-0.15, -0.1) is 10.2 Å². The second-order valence-electron chi connectivity index (χ2n) is 7.52. The Labute approximate surface area is 178 Å². The van der Waals surface area contributed by atoms with Crippen molar-refractivity contribution in [1.29, 1.82) is 0 Å². The summed E-state index contributed by atoms with van der Waals surface area (Å²) < 4.78 is 11.5. The lowest BCUT2D eigenvalue weighted by molar-refractivity contribution is 0.104. The van der Waals surface area contributed by atoms with Gasteiger partial charge in [-0.05, 0) is 44.4 Å². The van der Waals surface area contributed by atoms with Gasteiger partial charge in [0.2, 0.25) is 5.88 Å². The fraction of sp³-hybridized carbons (Fsp3) is 0.500. The van der Waals surface area contributed by atoms with Crippen LogP contribution in [-0.4, -0.2) is 52.9 Å². The van der Waals surface area contributed by atoms with Crippen LogP contribution in [0.3, 0.4) is 0 Å². The molecule has 0 amide bonds. The number of nitrogens with zero attached hydrogens (tertiary/aromatic N) is 3. The summed E-state index contributed by atoms with van der Waals surface area (Å²) in [6.45, 7) is 9.16. The number of ether oxygens (including phenoxy) is 2. The third kappa shape index (κ3) is 9.19. The Morgan fingerprint density at radius 1 is 1.10 bits per heavy atom. The number of para-hydroxylation sites is 1. The predicted molar refractivity (Wildman–Crippen MR) is 119 cm³/mol. The predicted octanol–water partition coefficient (Wildman–Crippen LogP) is 3.03. The number of nitrogens with one attached hydrogen (secondary N) is 2. The molecular formula is C22H33N5O3. The Balaban J connectivity index is 1.75. The summed E-state index contributed by atoms with van der Waals surface area (Å²) in [5.41, 5.74) is 4.81. The van der Waals surface area contributed by atoms with Crippen LogP contribution in [0.25, 0.3) is 0 Å². The lowest BCUT2D eigenvalue weighted by atomic mass is 10.1. The minimum Gasteiger partial charge on any atom is -0.491 e. The Morgan fingerprint density at radius 3 is 2.60 bits per heavy atom. The number of rotatable bonds is 13. The number of hydrogen-bond acceptors (Lipinski definition) is 8. The molecule has 1 heterocycles. The second kappa shape index (κ2) is 12.8. The SMILES string of the molecule is CC(C)=NNc1ccc(OCCCc2ccccc2OCC(O)CNC(C)C)nn1. The van der Waals surface area contributed by atoms with E-state index in [-0.39, 0.29) is 6.61 Å². The Morgan fingerprint density at radius 2 is 1.90 bits per heavy atom. The van der Waals surface area contributed by atoms with Crippen LogP contribution in [0, 0.1) is 0 Å². The third-order valence-electron chi connectivity index (χ3n) is 4.04. The van der Waals surface area contributed by atoms with Crippen LogP contribution < -0.4 is 20.2 Å². The average molecular weight is 416 g/mol. The molecule has 1 aromatic carbocycles. The van der Waals surface area contributed by atoms with Gasteiger partial charge in [0, 0.05) is 24.4 Å². The molecule has 0 spiro atoms. The summed E-state index contributed by atoms with van der Waals surface area (Å²) in [6, 6.07) is 11.7. The van der Waals surface area contributed by atoms with Gasteiger partial charge in [0.1, 0.15) is 18.5 Å². The van der Waals surface area contributed by atoms with Crippen LogP contribution >= 0.6 is 0 Å². The quantitative estimate of drug-likeness (QED) is 0.263. The first kappa shape index (κ1) is 23.6. The molecule has 1 unspecified atom stereocenters. The van der Waals surface area contributed by atoms with Crippen molar-refractivity contribution < 1.29 is 14.6 Å². The number of aliphatic hydroxyl groups is 1. The summed E-state index contributed by atoms with van der Waals surface area (Å²) in [6.07, 6.45) is 1.05. The maximum Gasteiger partial charge on any atom is 0.233 e. The van der Waals surface area contributed by atoms with Crippen molar-refractivity contribution in [3.63, 3.8) is 0 Å². The topological polar surface area (TPSA) is 101 Å². The zero-order chi connectivity index (χ0) is 21.8. The van der Waals surface area contributed by atoms with Gasteiger partial charge in [-0.25, -0.2) is 0 Å². The number of aliphatic hydroxyl groups excluding tert-OH is 1. The van der Waals surface area contributed by atoms with E-state index in [0.29, 0.717) is 30.9 Å². The molecule has 0 aliphatic carbocycles. The Bertz CT molecular complexity index is 777. The molecule has 0 saturated carbocycles. The number of hydrazone groups is 1. The molecule has 0 bridgehead atoms. The van der Waals surface area contributed by atoms with Crippen molar-refractivity contribution >= 4 is 11.5 Å². The van der Waals surface area contributed by atoms with Crippen LogP contribution in [0.1, 0.15) is 39.7 Å². The van der Waals surface area contributed by atoms with Crippen molar-refractivity contribution in [2.24, 2.45) is 5.10 Å². The molecule has 0 fully saturated rings. The van der Waals surface area contributed by atoms with Crippen molar-refractivity contribution in [1.82, 2.24) is 15.5 Å². The van der Waals surface area contributed by atoms with E-state index >= 15 is 0 Å². The summed E-state index contributed by atoms with van der Waals surface area (Å²) >= 11 is 0. The molecule has 8 nitrogen and oxygen atoms in total. The normalized spacial score (nSPS) is 11.8. The van der Waals surface area contributed by atoms with Gasteiger partial charge in [0.25, 0.3) is 0 Å². The van der Waals surface area contributed by atoms with Gasteiger partial charge >= 0.3 is 0 Å². The lowest BCUT2D eigenvalue weighted by Crippen LogP contribution is -2.35. The van der Waals surface area contributed by atoms with E-state index in [2.05, 4.69) is 26.0 Å². The molecule has 2 aromatic rings. The van der Waals surface area contributed by atoms with Gasteiger partial charge in [0.05, 0.1) is 6.61 Å². The third-order valence-corrected chi connectivity index (χ3v) is 4.04. The number of aryl methyl sites for hydroxylation is 1. The molecule has 1 atom stereocenters. The van der Waals surface area contributed by atoms with E-state index in [4.69, 9.17) is 9.47 Å². The first-order chi connectivity index (χ1) is 14.4. The van der Waals surface area contributed by atoms with Gasteiger partial charge in [-0.1, -0.05) is 32.0 Å². The Hall–Kier alpha value is -2.71. The van der Waals surface area contributed by atoms with Gasteiger partial charge in [-0.2, -0.15) is 5.10 Å². The van der Waals surface area contributed by atoms with Crippen LogP contribution in [0.15, 0.2) is 41.5 Å². The zero-order valence-corrected chi connectivity index (χ0v) is 18.3. The number of benzene rings is 1. The molecule has 0 aliphatic heterocycles. The van der Waals surface area contributed by atoms with Crippen molar-refractivity contribution in [2.75, 3.05) is 25.2 Å². The van der Waals surface area contributed by atoms with Crippen molar-refractivity contribution in [3.8, 4) is 11.6 Å². The van der Waals surface area contributed by atoms with Crippen LogP contribution in [0.4, 0.5) is 5.82 Å². The summed E-state index contributed by atoms with van der Waals surface area (Å²) in [7, 11) is 0. The van der Waals surface area contributed by atoms with E-state index in [0.717, 1.165) is 29.9 Å². The van der Waals surface area contributed by atoms with Crippen LogP contribution in [0.2, 0.25) is 0 Å². The van der Waals surface area contributed by atoms with Gasteiger partial charge < -0.3 is 19.9 Å². The summed E-state index contributed by atoms with van der Waals surface area (Å²) in [5, 5.41) is 25.4. The molecule has 0 radical (unpaired) electrons. The van der Waals surface area contributed by atoms with Gasteiger partial charge in [-0.3, -0.25) is 5.43 Å². The van der Waals surface area contributed by atoms with E-state index in [1.54, 1.807) is 12.1 Å². The van der Waals surface area contributed by atoms with Crippen LogP contribution in [0.5, 0.6) is 11.6 Å². The van der Waals surface area contributed by atoms with E-state index in [9.17, 15) is 5.11 Å². The smallest absolute Gasteiger partial charge is 0.233 e. The molecular weight excluding hydrogens is 382 g/mol. The molecule has 1 aromatic heterocycles. The first-order valence-electron chi connectivity index (χ1n) is 10.3. The number of anilines is 1. The average Bonchev–Trinajstić information content (AvgIpc) is 2.73. The fourth-order valence-corrected chi connectivity index (χ4v) is 2.53. The molecule has 8 heteroatoms. The first-order valence-corrected chi connectivity index (χ1v) is 10.3. The Kier molecular flexibility index (Phi) is 10.0. The van der Waals surface area contributed by atoms with Gasteiger partial charge in [0.15, 0.2) is 5.82 Å². The van der Waals surface area contributed by atoms with Crippen molar-refractivity contribution in [2.45, 2.75) is 52.7 Å². The highest BCUT2D eigenvalue weighted by Gasteiger charge is 2.09. The molecule has 0 aliphatic rings. The van der Waals surface area contributed by atoms with Crippen LogP contribution in [-0.2, 0) is 6.42 Å². The monoisotopic (exact) mass is 415 g/mol. The number of hydrogen-bond donors (Lipinski definition) is 3. The number of aromatic nitrogens is 2. The molecule has 2 rings (SSSR count). The fourth-order valence-electron chi connectivity index (χ4n) is 2.53. The molecule has 30 heavy (non-hydrogen) atoms. The highest BCUT2D eigenvalue weighted by atomic mass is 16.5. The molecule has 3 N–H and O–H groups in total. The van der Waals surface area contributed by atoms with E-state index in [1.165, 1.54) is 0 Å². The lowest BCUT2D eigenvalue weighted by Gasteiger charge is -2.16. The van der Waals surface area contributed by atoms with E-state index in [1.807, 2.05) is 52.0 Å². The van der Waals surface area contributed by atoms with Crippen molar-refractivity contribution in [3.05, 3.63) is 42.0 Å². The standard InChI is InChI=1S/C22H33N5O3/c1-16(2)23-14-19(28)15-30-20-10-6-5-8-18(20)9-7-13-29-22-12-11-21(26-27-22)25-24-17(3)4/h5-6,8,10-12,16,19,23,28H,7,9,13-15H2,1-4H3,(H,25,26). The highest BCUT2D eigenvalue weighted by molar-refractivity contribution is 5.79. The summed E-state index contributed by atoms with van der Waals surface area (Å²) in [5.74, 6) is 1.84. The minimum atomic E-state index is -0.549. The highest BCUT2D eigenvalue weighted by Crippen LogP contribution is 2.20. The maximum atomic E-state index is 10.0. The minimum absolute atomic E-state index is 0.255. The summed E-state index contributed by atoms with van der Waals surface area (Å²) in [4.78, 5) is 0. The second-order valence-corrected chi connectivity index (χ2v) is 7.52. The zero-order valence-electron chi connectivity index (χ0n) is 18.3. The molecule has 0 saturated heterocycles. The maximum absolute atomic E-state index is 10.0. The van der Waals surface area contributed by atoms with E-state index < -0.39 is 6.10 Å².